The number of phenols is 2. The maximum atomic E-state index is 10.1. The molecule has 3 heteroatoms. The van der Waals surface area contributed by atoms with Gasteiger partial charge in [-0.15, -0.1) is 0 Å². The fourth-order valence-electron chi connectivity index (χ4n) is 4.40. The lowest BCUT2D eigenvalue weighted by molar-refractivity contribution is 0.0879. The van der Waals surface area contributed by atoms with Gasteiger partial charge in [0.2, 0.25) is 0 Å². The summed E-state index contributed by atoms with van der Waals surface area (Å²) in [7, 11) is 0. The van der Waals surface area contributed by atoms with Crippen molar-refractivity contribution in [3.8, 4) is 17.2 Å². The number of aromatic hydroxyl groups is 2. The van der Waals surface area contributed by atoms with Crippen LogP contribution in [0.25, 0.3) is 0 Å². The molecular formula is C25H26O3. The van der Waals surface area contributed by atoms with Crippen LogP contribution >= 0.6 is 0 Å². The Hall–Kier alpha value is -2.94. The number of ether oxygens (including phenoxy) is 1. The van der Waals surface area contributed by atoms with Gasteiger partial charge in [0, 0.05) is 11.5 Å². The molecular weight excluding hydrogens is 348 g/mol. The highest BCUT2D eigenvalue weighted by molar-refractivity contribution is 5.46. The zero-order chi connectivity index (χ0) is 19.7. The Labute approximate surface area is 166 Å². The third-order valence-corrected chi connectivity index (χ3v) is 5.87. The molecule has 2 unspecified atom stereocenters. The number of rotatable bonds is 4. The van der Waals surface area contributed by atoms with E-state index in [0.29, 0.717) is 5.75 Å². The van der Waals surface area contributed by atoms with E-state index in [4.69, 9.17) is 4.74 Å². The lowest BCUT2D eigenvalue weighted by Gasteiger charge is -2.40. The first-order chi connectivity index (χ1) is 13.6. The summed E-state index contributed by atoms with van der Waals surface area (Å²) in [6.07, 6.45) is 1.76. The minimum absolute atomic E-state index is 0.0879. The van der Waals surface area contributed by atoms with E-state index in [-0.39, 0.29) is 23.7 Å². The Morgan fingerprint density at radius 1 is 0.929 bits per heavy atom. The Morgan fingerprint density at radius 2 is 1.71 bits per heavy atom. The van der Waals surface area contributed by atoms with Crippen molar-refractivity contribution in [1.29, 1.82) is 0 Å². The molecule has 0 bridgehead atoms. The smallest absolute Gasteiger partial charge is 0.127 e. The van der Waals surface area contributed by atoms with Gasteiger partial charge < -0.3 is 14.9 Å². The van der Waals surface area contributed by atoms with Crippen molar-refractivity contribution in [2.45, 2.75) is 38.7 Å². The van der Waals surface area contributed by atoms with Crippen LogP contribution in [-0.4, -0.2) is 10.2 Å². The van der Waals surface area contributed by atoms with E-state index in [1.165, 1.54) is 5.56 Å². The van der Waals surface area contributed by atoms with Gasteiger partial charge in [0.25, 0.3) is 0 Å². The van der Waals surface area contributed by atoms with Crippen molar-refractivity contribution in [2.24, 2.45) is 5.92 Å². The van der Waals surface area contributed by atoms with Crippen LogP contribution < -0.4 is 4.74 Å². The molecule has 0 aliphatic carbocycles. The molecule has 3 atom stereocenters. The van der Waals surface area contributed by atoms with Crippen LogP contribution in [-0.2, 0) is 6.42 Å². The van der Waals surface area contributed by atoms with Crippen LogP contribution in [0.4, 0.5) is 0 Å². The largest absolute Gasteiger partial charge is 0.508 e. The first kappa shape index (κ1) is 18.4. The monoisotopic (exact) mass is 374 g/mol. The van der Waals surface area contributed by atoms with Crippen molar-refractivity contribution >= 4 is 0 Å². The second kappa shape index (κ2) is 7.59. The predicted octanol–water partition coefficient (Wildman–Crippen LogP) is 5.89. The predicted molar refractivity (Wildman–Crippen MR) is 111 cm³/mol. The highest BCUT2D eigenvalue weighted by Crippen LogP contribution is 2.50. The minimum Gasteiger partial charge on any atom is -0.508 e. The second-order valence-corrected chi connectivity index (χ2v) is 7.67. The number of phenolic OH excluding ortho intramolecular Hbond substituents is 2. The zero-order valence-corrected chi connectivity index (χ0v) is 16.3. The van der Waals surface area contributed by atoms with Gasteiger partial charge in [-0.3, -0.25) is 0 Å². The minimum atomic E-state index is -0.0879. The van der Waals surface area contributed by atoms with Crippen molar-refractivity contribution in [2.75, 3.05) is 0 Å². The quantitative estimate of drug-likeness (QED) is 0.598. The van der Waals surface area contributed by atoms with E-state index in [0.717, 1.165) is 35.3 Å². The highest BCUT2D eigenvalue weighted by atomic mass is 16.5. The van der Waals surface area contributed by atoms with Crippen LogP contribution in [0.3, 0.4) is 0 Å². The average molecular weight is 374 g/mol. The maximum absolute atomic E-state index is 10.1. The molecule has 3 nitrogen and oxygen atoms in total. The van der Waals surface area contributed by atoms with E-state index in [9.17, 15) is 10.2 Å². The molecule has 4 rings (SSSR count). The molecule has 1 aliphatic heterocycles. The molecule has 2 N–H and O–H groups in total. The van der Waals surface area contributed by atoms with E-state index < -0.39 is 0 Å². The van der Waals surface area contributed by atoms with Gasteiger partial charge >= 0.3 is 0 Å². The van der Waals surface area contributed by atoms with Crippen molar-refractivity contribution < 1.29 is 14.9 Å². The molecule has 0 spiro atoms. The zero-order valence-electron chi connectivity index (χ0n) is 16.3. The Balaban J connectivity index is 1.79. The van der Waals surface area contributed by atoms with Crippen LogP contribution in [0.5, 0.6) is 17.2 Å². The van der Waals surface area contributed by atoms with Crippen LogP contribution in [0.2, 0.25) is 0 Å². The van der Waals surface area contributed by atoms with Gasteiger partial charge in [0.05, 0.1) is 0 Å². The van der Waals surface area contributed by atoms with Crippen LogP contribution in [0.1, 0.15) is 47.6 Å². The Kier molecular flexibility index (Phi) is 4.99. The molecule has 144 valence electrons. The summed E-state index contributed by atoms with van der Waals surface area (Å²) in [6, 6.07) is 21.6. The molecule has 3 aromatic carbocycles. The molecule has 1 heterocycles. The Morgan fingerprint density at radius 3 is 2.43 bits per heavy atom. The van der Waals surface area contributed by atoms with Gasteiger partial charge in [-0.25, -0.2) is 0 Å². The second-order valence-electron chi connectivity index (χ2n) is 7.67. The molecule has 28 heavy (non-hydrogen) atoms. The number of fused-ring (bicyclic) bond motifs is 1. The average Bonchev–Trinajstić information content (AvgIpc) is 2.71. The van der Waals surface area contributed by atoms with E-state index in [1.54, 1.807) is 12.1 Å². The van der Waals surface area contributed by atoms with E-state index in [2.05, 4.69) is 31.2 Å². The summed E-state index contributed by atoms with van der Waals surface area (Å²) in [5, 5.41) is 20.0. The standard InChI is InChI=1S/C25H26O3/c1-3-20-21(14-17-7-5-4-6-8-17)22-15-19(26)10-12-24(22)28-25(20)18-9-11-23(27)16(2)13-18/h4-13,15,20-21,25-27H,3,14H2,1-2H3/t20-,21?,25?/m1/s1. The summed E-state index contributed by atoms with van der Waals surface area (Å²) in [5.41, 5.74) is 4.29. The molecule has 0 aromatic heterocycles. The lowest BCUT2D eigenvalue weighted by atomic mass is 9.73. The molecule has 0 saturated carbocycles. The maximum Gasteiger partial charge on any atom is 0.127 e. The van der Waals surface area contributed by atoms with Crippen molar-refractivity contribution in [1.82, 2.24) is 0 Å². The van der Waals surface area contributed by atoms with Gasteiger partial charge in [-0.1, -0.05) is 43.3 Å². The van der Waals surface area contributed by atoms with Gasteiger partial charge in [-0.2, -0.15) is 0 Å². The molecule has 1 aliphatic rings. The van der Waals surface area contributed by atoms with Gasteiger partial charge in [0.15, 0.2) is 0 Å². The molecule has 0 amide bonds. The normalized spacial score (nSPS) is 21.0. The summed E-state index contributed by atoms with van der Waals surface area (Å²) >= 11 is 0. The molecule has 0 radical (unpaired) electrons. The van der Waals surface area contributed by atoms with Gasteiger partial charge in [-0.05, 0) is 72.7 Å². The molecule has 3 aromatic rings. The van der Waals surface area contributed by atoms with Gasteiger partial charge in [0.1, 0.15) is 23.4 Å². The molecule has 0 fully saturated rings. The summed E-state index contributed by atoms with van der Waals surface area (Å²) in [6.45, 7) is 4.11. The summed E-state index contributed by atoms with van der Waals surface area (Å²) in [4.78, 5) is 0. The fraction of sp³-hybridized carbons (Fsp3) is 0.280. The van der Waals surface area contributed by atoms with Crippen molar-refractivity contribution in [3.05, 3.63) is 89.0 Å². The number of hydrogen-bond acceptors (Lipinski definition) is 3. The first-order valence-electron chi connectivity index (χ1n) is 9.89. The number of aryl methyl sites for hydroxylation is 1. The van der Waals surface area contributed by atoms with E-state index >= 15 is 0 Å². The van der Waals surface area contributed by atoms with E-state index in [1.807, 2.05) is 37.3 Å². The highest BCUT2D eigenvalue weighted by Gasteiger charge is 2.38. The molecule has 0 saturated heterocycles. The topological polar surface area (TPSA) is 49.7 Å². The SMILES string of the molecule is CC[C@@H]1C(Cc2ccccc2)c2cc(O)ccc2OC1c1ccc(O)c(C)c1. The summed E-state index contributed by atoms with van der Waals surface area (Å²) < 4.78 is 6.45. The van der Waals surface area contributed by atoms with Crippen LogP contribution in [0, 0.1) is 12.8 Å². The van der Waals surface area contributed by atoms with Crippen molar-refractivity contribution in [3.63, 3.8) is 0 Å². The third-order valence-electron chi connectivity index (χ3n) is 5.87. The Bertz CT molecular complexity index is 965. The first-order valence-corrected chi connectivity index (χ1v) is 9.89. The number of benzene rings is 3. The summed E-state index contributed by atoms with van der Waals surface area (Å²) in [5.74, 6) is 1.91. The number of hydrogen-bond donors (Lipinski definition) is 2. The fourth-order valence-corrected chi connectivity index (χ4v) is 4.40. The van der Waals surface area contributed by atoms with Crippen LogP contribution in [0.15, 0.2) is 66.7 Å². The lowest BCUT2D eigenvalue weighted by Crippen LogP contribution is -2.31. The third kappa shape index (κ3) is 3.45.